The molecule has 0 bridgehead atoms. The molecule has 0 radical (unpaired) electrons. The Labute approximate surface area is 142 Å². The Balaban J connectivity index is 2.35. The highest BCUT2D eigenvalue weighted by molar-refractivity contribution is 6.20. The molecule has 1 unspecified atom stereocenters. The van der Waals surface area contributed by atoms with Crippen molar-refractivity contribution in [3.05, 3.63) is 47.6 Å². The molecule has 1 aliphatic heterocycles. The van der Waals surface area contributed by atoms with E-state index in [1.165, 1.54) is 7.11 Å². The predicted octanol–water partition coefficient (Wildman–Crippen LogP) is 2.56. The van der Waals surface area contributed by atoms with Crippen LogP contribution in [0, 0.1) is 11.3 Å². The summed E-state index contributed by atoms with van der Waals surface area (Å²) in [7, 11) is 1.29. The van der Waals surface area contributed by atoms with Crippen molar-refractivity contribution >= 4 is 17.4 Å². The van der Waals surface area contributed by atoms with E-state index in [4.69, 9.17) is 15.9 Å². The monoisotopic (exact) mass is 328 g/mol. The largest absolute Gasteiger partial charge is 0.464 e. The van der Waals surface area contributed by atoms with E-state index in [0.29, 0.717) is 11.4 Å². The normalized spacial score (nSPS) is 21.8. The Morgan fingerprint density at radius 3 is 2.92 bits per heavy atom. The van der Waals surface area contributed by atoms with Gasteiger partial charge in [0.2, 0.25) is 0 Å². The highest BCUT2D eigenvalue weighted by atomic mass is 16.5. The van der Waals surface area contributed by atoms with Gasteiger partial charge in [0.25, 0.3) is 0 Å². The molecule has 0 spiro atoms. The van der Waals surface area contributed by atoms with Crippen LogP contribution in [-0.4, -0.2) is 24.5 Å². The number of hydrogen-bond acceptors (Lipinski definition) is 6. The van der Waals surface area contributed by atoms with Crippen LogP contribution in [0.2, 0.25) is 0 Å². The van der Waals surface area contributed by atoms with E-state index < -0.39 is 5.97 Å². The molecular weight excluding hydrogens is 304 g/mol. The topological polar surface area (TPSA) is 101 Å². The Kier molecular flexibility index (Phi) is 6.12. The Morgan fingerprint density at radius 1 is 1.46 bits per heavy atom. The van der Waals surface area contributed by atoms with Gasteiger partial charge in [0.1, 0.15) is 5.82 Å². The third-order valence-corrected chi connectivity index (χ3v) is 3.89. The Hall–Kier alpha value is -2.63. The number of nitrogens with one attached hydrogen (secondary N) is 2. The van der Waals surface area contributed by atoms with Crippen molar-refractivity contribution in [1.82, 2.24) is 5.32 Å². The summed E-state index contributed by atoms with van der Waals surface area (Å²) in [5.41, 5.74) is 7.78. The van der Waals surface area contributed by atoms with E-state index in [9.17, 15) is 4.79 Å². The average molecular weight is 328 g/mol. The van der Waals surface area contributed by atoms with Gasteiger partial charge in [-0.05, 0) is 18.9 Å². The van der Waals surface area contributed by atoms with Crippen molar-refractivity contribution in [2.24, 2.45) is 16.6 Å². The zero-order valence-electron chi connectivity index (χ0n) is 14.1. The number of nitrogens with two attached hydrogens (primary N) is 1. The lowest BCUT2D eigenvalue weighted by Crippen LogP contribution is -2.37. The molecule has 0 aromatic rings. The van der Waals surface area contributed by atoms with Crippen LogP contribution in [0.25, 0.3) is 0 Å². The number of unbranched alkanes of at least 4 members (excludes halogenated alkanes) is 3. The molecule has 0 saturated carbocycles. The molecular formula is C18H24N4O2. The maximum atomic E-state index is 11.9. The van der Waals surface area contributed by atoms with Crippen molar-refractivity contribution in [3.8, 4) is 0 Å². The quantitative estimate of drug-likeness (QED) is 0.515. The van der Waals surface area contributed by atoms with Crippen LogP contribution in [0.4, 0.5) is 0 Å². The number of allylic oxidation sites excluding steroid dienone is 6. The fraction of sp³-hybridized carbons (Fsp3) is 0.389. The molecule has 0 fully saturated rings. The lowest BCUT2D eigenvalue weighted by atomic mass is 9.90. The summed E-state index contributed by atoms with van der Waals surface area (Å²) in [6.07, 6.45) is 13.6. The second-order valence-electron chi connectivity index (χ2n) is 5.67. The van der Waals surface area contributed by atoms with Gasteiger partial charge >= 0.3 is 5.97 Å². The van der Waals surface area contributed by atoms with Crippen molar-refractivity contribution in [2.75, 3.05) is 7.11 Å². The third-order valence-electron chi connectivity index (χ3n) is 3.89. The highest BCUT2D eigenvalue weighted by Crippen LogP contribution is 2.22. The van der Waals surface area contributed by atoms with Crippen LogP contribution in [0.5, 0.6) is 0 Å². The van der Waals surface area contributed by atoms with Gasteiger partial charge in [0, 0.05) is 5.71 Å². The standard InChI is InChI=1S/C18H24N4O2/c1-3-4-5-6-11-14-15(12-9-7-8-10-13(12)19)22-16(17(20)21-14)18(23)24-2/h7-12,19,21H,3-6,20H2,1-2H3. The van der Waals surface area contributed by atoms with Crippen molar-refractivity contribution in [3.63, 3.8) is 0 Å². The third kappa shape index (κ3) is 4.01. The first-order valence-corrected chi connectivity index (χ1v) is 8.16. The lowest BCUT2D eigenvalue weighted by molar-refractivity contribution is -0.136. The fourth-order valence-corrected chi connectivity index (χ4v) is 2.58. The first kappa shape index (κ1) is 17.7. The summed E-state index contributed by atoms with van der Waals surface area (Å²) in [6, 6.07) is 0. The van der Waals surface area contributed by atoms with E-state index in [2.05, 4.69) is 17.2 Å². The number of esters is 1. The molecule has 0 aromatic carbocycles. The summed E-state index contributed by atoms with van der Waals surface area (Å²) >= 11 is 0. The van der Waals surface area contributed by atoms with Gasteiger partial charge in [-0.3, -0.25) is 0 Å². The second kappa shape index (κ2) is 8.29. The molecule has 24 heavy (non-hydrogen) atoms. The van der Waals surface area contributed by atoms with E-state index in [1.54, 1.807) is 6.08 Å². The molecule has 128 valence electrons. The van der Waals surface area contributed by atoms with E-state index in [0.717, 1.165) is 31.4 Å². The lowest BCUT2D eigenvalue weighted by Gasteiger charge is -2.25. The van der Waals surface area contributed by atoms with E-state index in [-0.39, 0.29) is 17.4 Å². The zero-order chi connectivity index (χ0) is 17.5. The minimum absolute atomic E-state index is 0.0500. The number of hydrogen-bond donors (Lipinski definition) is 3. The first-order chi connectivity index (χ1) is 11.6. The van der Waals surface area contributed by atoms with Crippen LogP contribution < -0.4 is 11.1 Å². The molecule has 0 amide bonds. The van der Waals surface area contributed by atoms with Gasteiger partial charge in [0.15, 0.2) is 5.70 Å². The van der Waals surface area contributed by atoms with E-state index >= 15 is 0 Å². The van der Waals surface area contributed by atoms with Gasteiger partial charge in [-0.2, -0.15) is 0 Å². The predicted molar refractivity (Wildman–Crippen MR) is 95.5 cm³/mol. The van der Waals surface area contributed by atoms with Crippen molar-refractivity contribution in [2.45, 2.75) is 32.6 Å². The molecule has 0 saturated heterocycles. The summed E-state index contributed by atoms with van der Waals surface area (Å²) in [5.74, 6) is -0.730. The summed E-state index contributed by atoms with van der Waals surface area (Å²) < 4.78 is 4.74. The van der Waals surface area contributed by atoms with Crippen LogP contribution >= 0.6 is 0 Å². The molecule has 4 N–H and O–H groups in total. The Bertz CT molecular complexity index is 669. The number of carbonyl (C=O) groups excluding carboxylic acids is 1. The number of methoxy groups -OCH3 is 1. The Morgan fingerprint density at radius 2 is 2.25 bits per heavy atom. The summed E-state index contributed by atoms with van der Waals surface area (Å²) in [6.45, 7) is 2.16. The minimum atomic E-state index is -0.593. The molecule has 1 aliphatic carbocycles. The molecule has 6 nitrogen and oxygen atoms in total. The van der Waals surface area contributed by atoms with Crippen LogP contribution in [-0.2, 0) is 9.53 Å². The van der Waals surface area contributed by atoms with Crippen LogP contribution in [0.1, 0.15) is 32.6 Å². The molecule has 2 rings (SSSR count). The average Bonchev–Trinajstić information content (AvgIpc) is 2.59. The number of aliphatic imine (C=N–C) groups is 1. The van der Waals surface area contributed by atoms with Gasteiger partial charge in [0.05, 0.1) is 24.4 Å². The molecule has 6 heteroatoms. The maximum Gasteiger partial charge on any atom is 0.360 e. The van der Waals surface area contributed by atoms with Gasteiger partial charge < -0.3 is 21.2 Å². The number of nitrogens with zero attached hydrogens (tertiary/aromatic N) is 1. The first-order valence-electron chi connectivity index (χ1n) is 8.16. The zero-order valence-corrected chi connectivity index (χ0v) is 14.1. The van der Waals surface area contributed by atoms with Crippen molar-refractivity contribution < 1.29 is 9.53 Å². The van der Waals surface area contributed by atoms with Gasteiger partial charge in [-0.1, -0.05) is 44.1 Å². The van der Waals surface area contributed by atoms with Crippen LogP contribution in [0.15, 0.2) is 52.6 Å². The number of carbonyl (C=O) groups is 1. The molecule has 2 aliphatic rings. The second-order valence-corrected chi connectivity index (χ2v) is 5.67. The summed E-state index contributed by atoms with van der Waals surface area (Å²) in [5, 5.41) is 11.2. The molecule has 0 aromatic heterocycles. The molecule has 1 heterocycles. The molecule has 1 atom stereocenters. The fourth-order valence-electron chi connectivity index (χ4n) is 2.58. The van der Waals surface area contributed by atoms with E-state index in [1.807, 2.05) is 24.3 Å². The van der Waals surface area contributed by atoms with Crippen molar-refractivity contribution in [1.29, 1.82) is 5.41 Å². The SMILES string of the molecule is CCCCCC=C1NC(N)=C(C(=O)OC)N=C1C1C=CC=CC1=N. The van der Waals surface area contributed by atoms with Gasteiger partial charge in [-0.15, -0.1) is 0 Å². The minimum Gasteiger partial charge on any atom is -0.464 e. The smallest absolute Gasteiger partial charge is 0.360 e. The van der Waals surface area contributed by atoms with Gasteiger partial charge in [-0.25, -0.2) is 9.79 Å². The number of rotatable bonds is 6. The number of ether oxygens (including phenoxy) is 1. The maximum absolute atomic E-state index is 11.9. The summed E-state index contributed by atoms with van der Waals surface area (Å²) in [4.78, 5) is 16.3. The van der Waals surface area contributed by atoms with Crippen LogP contribution in [0.3, 0.4) is 0 Å². The highest BCUT2D eigenvalue weighted by Gasteiger charge is 2.28.